The van der Waals surface area contributed by atoms with Crippen molar-refractivity contribution in [2.24, 2.45) is 0 Å². The second kappa shape index (κ2) is 2.92. The molecule has 0 aromatic carbocycles. The van der Waals surface area contributed by atoms with E-state index in [0.717, 1.165) is 0 Å². The molecular formula is C8H5N5O3. The summed E-state index contributed by atoms with van der Waals surface area (Å²) < 4.78 is 6.39. The number of nitrogens with zero attached hydrogens (tertiary/aromatic N) is 4. The van der Waals surface area contributed by atoms with Gasteiger partial charge in [-0.2, -0.15) is 9.78 Å². The Balaban J connectivity index is 2.23. The fraction of sp³-hybridized carbons (Fsp3) is 0. The number of aromatic amines is 1. The summed E-state index contributed by atoms with van der Waals surface area (Å²) in [6.07, 6.45) is 1.56. The van der Waals surface area contributed by atoms with Crippen molar-refractivity contribution in [2.45, 2.75) is 0 Å². The topological polar surface area (TPSA) is 110 Å². The standard InChI is InChI=1S/C8H5N5O3/c14-8(15)5-3-4-7(16-5)11-12-13(4)6-1-2-9-10-6/h1-3H,(H,9,10)(H,14,15). The van der Waals surface area contributed by atoms with Gasteiger partial charge in [0.15, 0.2) is 5.82 Å². The lowest BCUT2D eigenvalue weighted by Crippen LogP contribution is -1.97. The molecule has 0 atom stereocenters. The van der Waals surface area contributed by atoms with Gasteiger partial charge in [-0.3, -0.25) is 5.10 Å². The quantitative estimate of drug-likeness (QED) is 0.646. The van der Waals surface area contributed by atoms with Crippen molar-refractivity contribution in [2.75, 3.05) is 0 Å². The summed E-state index contributed by atoms with van der Waals surface area (Å²) in [7, 11) is 0. The van der Waals surface area contributed by atoms with E-state index in [2.05, 4.69) is 20.5 Å². The lowest BCUT2D eigenvalue weighted by atomic mass is 10.4. The number of H-pyrrole nitrogens is 1. The summed E-state index contributed by atoms with van der Waals surface area (Å²) in [6, 6.07) is 3.04. The van der Waals surface area contributed by atoms with Gasteiger partial charge in [-0.15, -0.1) is 0 Å². The molecule has 0 aliphatic carbocycles. The van der Waals surface area contributed by atoms with E-state index in [9.17, 15) is 4.79 Å². The molecule has 0 aliphatic heterocycles. The SMILES string of the molecule is O=C(O)c1cc2c(nnn2-c2ccn[nH]2)o1. The molecule has 0 amide bonds. The molecule has 0 fully saturated rings. The van der Waals surface area contributed by atoms with Crippen LogP contribution in [0.4, 0.5) is 0 Å². The highest BCUT2D eigenvalue weighted by Gasteiger charge is 2.16. The van der Waals surface area contributed by atoms with Gasteiger partial charge in [-0.05, 0) is 0 Å². The van der Waals surface area contributed by atoms with Gasteiger partial charge in [0.25, 0.3) is 5.71 Å². The molecule has 3 rings (SSSR count). The van der Waals surface area contributed by atoms with E-state index in [4.69, 9.17) is 9.52 Å². The van der Waals surface area contributed by atoms with Crippen molar-refractivity contribution in [3.05, 3.63) is 24.1 Å². The zero-order valence-corrected chi connectivity index (χ0v) is 7.78. The minimum Gasteiger partial charge on any atom is -0.475 e. The zero-order chi connectivity index (χ0) is 11.1. The van der Waals surface area contributed by atoms with Crippen LogP contribution in [-0.2, 0) is 0 Å². The van der Waals surface area contributed by atoms with Crippen molar-refractivity contribution in [3.8, 4) is 5.82 Å². The molecule has 3 aromatic heterocycles. The number of carboxylic acids is 1. The van der Waals surface area contributed by atoms with Crippen LogP contribution in [0.2, 0.25) is 0 Å². The van der Waals surface area contributed by atoms with Crippen LogP contribution in [0, 0.1) is 0 Å². The Morgan fingerprint density at radius 1 is 1.56 bits per heavy atom. The zero-order valence-electron chi connectivity index (χ0n) is 7.78. The molecule has 3 aromatic rings. The van der Waals surface area contributed by atoms with Crippen LogP contribution in [0.25, 0.3) is 17.0 Å². The fourth-order valence-corrected chi connectivity index (χ4v) is 1.38. The van der Waals surface area contributed by atoms with Gasteiger partial charge in [0.1, 0.15) is 5.52 Å². The number of carboxylic acid groups (broad SMARTS) is 1. The molecule has 0 bridgehead atoms. The number of nitrogens with one attached hydrogen (secondary N) is 1. The lowest BCUT2D eigenvalue weighted by molar-refractivity contribution is 0.0664. The maximum absolute atomic E-state index is 10.7. The number of carbonyl (C=O) groups is 1. The minimum atomic E-state index is -1.14. The van der Waals surface area contributed by atoms with E-state index in [0.29, 0.717) is 11.3 Å². The van der Waals surface area contributed by atoms with Gasteiger partial charge in [0.2, 0.25) is 5.76 Å². The Morgan fingerprint density at radius 3 is 3.12 bits per heavy atom. The largest absolute Gasteiger partial charge is 0.475 e. The number of aromatic nitrogens is 5. The van der Waals surface area contributed by atoms with Crippen LogP contribution in [0.1, 0.15) is 10.6 Å². The Labute approximate surface area is 87.5 Å². The number of aromatic carboxylic acids is 1. The molecule has 3 heterocycles. The van der Waals surface area contributed by atoms with E-state index >= 15 is 0 Å². The van der Waals surface area contributed by atoms with Gasteiger partial charge >= 0.3 is 5.97 Å². The van der Waals surface area contributed by atoms with Crippen LogP contribution in [0.5, 0.6) is 0 Å². The maximum atomic E-state index is 10.7. The Morgan fingerprint density at radius 2 is 2.44 bits per heavy atom. The molecule has 16 heavy (non-hydrogen) atoms. The molecule has 0 unspecified atom stereocenters. The molecular weight excluding hydrogens is 214 g/mol. The predicted molar refractivity (Wildman–Crippen MR) is 50.2 cm³/mol. The molecule has 0 spiro atoms. The van der Waals surface area contributed by atoms with Crippen molar-refractivity contribution >= 4 is 17.2 Å². The van der Waals surface area contributed by atoms with E-state index in [1.54, 1.807) is 12.3 Å². The highest BCUT2D eigenvalue weighted by Crippen LogP contribution is 2.18. The monoisotopic (exact) mass is 219 g/mol. The third-order valence-electron chi connectivity index (χ3n) is 2.07. The second-order valence-electron chi connectivity index (χ2n) is 3.05. The smallest absolute Gasteiger partial charge is 0.371 e. The van der Waals surface area contributed by atoms with Gasteiger partial charge in [-0.25, -0.2) is 4.79 Å². The summed E-state index contributed by atoms with van der Waals surface area (Å²) in [6.45, 7) is 0. The van der Waals surface area contributed by atoms with Crippen molar-refractivity contribution in [3.63, 3.8) is 0 Å². The maximum Gasteiger partial charge on any atom is 0.371 e. The molecule has 0 aliphatic rings. The van der Waals surface area contributed by atoms with Crippen LogP contribution >= 0.6 is 0 Å². The fourth-order valence-electron chi connectivity index (χ4n) is 1.38. The Kier molecular flexibility index (Phi) is 1.58. The number of furan rings is 1. The van der Waals surface area contributed by atoms with Crippen LogP contribution in [0.15, 0.2) is 22.7 Å². The first kappa shape index (κ1) is 8.65. The summed E-state index contributed by atoms with van der Waals surface area (Å²) in [4.78, 5) is 10.7. The first-order chi connectivity index (χ1) is 7.75. The Hall–Kier alpha value is -2.64. The van der Waals surface area contributed by atoms with Gasteiger partial charge in [0, 0.05) is 12.1 Å². The highest BCUT2D eigenvalue weighted by atomic mass is 16.4. The molecule has 0 saturated heterocycles. The third-order valence-corrected chi connectivity index (χ3v) is 2.07. The lowest BCUT2D eigenvalue weighted by Gasteiger charge is -1.92. The highest BCUT2D eigenvalue weighted by molar-refractivity contribution is 5.89. The van der Waals surface area contributed by atoms with Crippen LogP contribution < -0.4 is 0 Å². The number of hydrogen-bond acceptors (Lipinski definition) is 5. The van der Waals surface area contributed by atoms with E-state index in [1.165, 1.54) is 10.7 Å². The van der Waals surface area contributed by atoms with E-state index < -0.39 is 5.97 Å². The summed E-state index contributed by atoms with van der Waals surface area (Å²) in [5.41, 5.74) is 0.647. The van der Waals surface area contributed by atoms with Gasteiger partial charge < -0.3 is 9.52 Å². The molecule has 2 N–H and O–H groups in total. The average molecular weight is 219 g/mol. The molecule has 0 radical (unpaired) electrons. The number of rotatable bonds is 2. The predicted octanol–water partition coefficient (Wildman–Crippen LogP) is 0.435. The summed E-state index contributed by atoms with van der Waals surface area (Å²) in [5.74, 6) is -0.734. The molecule has 8 nitrogen and oxygen atoms in total. The Bertz CT molecular complexity index is 650. The van der Waals surface area contributed by atoms with Crippen molar-refractivity contribution < 1.29 is 14.3 Å². The minimum absolute atomic E-state index is 0.173. The second-order valence-corrected chi connectivity index (χ2v) is 3.05. The molecule has 0 saturated carbocycles. The van der Waals surface area contributed by atoms with E-state index in [1.807, 2.05) is 0 Å². The molecule has 8 heteroatoms. The summed E-state index contributed by atoms with van der Waals surface area (Å²) >= 11 is 0. The number of fused-ring (bicyclic) bond motifs is 1. The van der Waals surface area contributed by atoms with Gasteiger partial charge in [-0.1, -0.05) is 10.3 Å². The van der Waals surface area contributed by atoms with Crippen LogP contribution in [-0.4, -0.2) is 36.3 Å². The van der Waals surface area contributed by atoms with E-state index in [-0.39, 0.29) is 11.5 Å². The normalized spacial score (nSPS) is 11.0. The molecule has 80 valence electrons. The van der Waals surface area contributed by atoms with Crippen LogP contribution in [0.3, 0.4) is 0 Å². The first-order valence-electron chi connectivity index (χ1n) is 4.34. The van der Waals surface area contributed by atoms with Crippen molar-refractivity contribution in [1.82, 2.24) is 25.2 Å². The van der Waals surface area contributed by atoms with Gasteiger partial charge in [0.05, 0.1) is 6.20 Å². The average Bonchev–Trinajstić information content (AvgIpc) is 2.92. The third kappa shape index (κ3) is 1.10. The number of hydrogen-bond donors (Lipinski definition) is 2. The summed E-state index contributed by atoms with van der Waals surface area (Å²) in [5, 5.41) is 22.7. The first-order valence-corrected chi connectivity index (χ1v) is 4.34. The van der Waals surface area contributed by atoms with Crippen molar-refractivity contribution in [1.29, 1.82) is 0 Å².